The monoisotopic (exact) mass is 338 g/mol. The molecule has 1 atom stereocenters. The summed E-state index contributed by atoms with van der Waals surface area (Å²) in [6, 6.07) is 12.7. The molecule has 130 valence electrons. The molecule has 1 aliphatic rings. The first-order chi connectivity index (χ1) is 12.0. The van der Waals surface area contributed by atoms with Gasteiger partial charge in [-0.2, -0.15) is 0 Å². The molecule has 1 unspecified atom stereocenters. The number of amides is 1. The van der Waals surface area contributed by atoms with Crippen LogP contribution in [0.5, 0.6) is 0 Å². The second-order valence-corrected chi connectivity index (χ2v) is 6.59. The largest absolute Gasteiger partial charge is 0.349 e. The average Bonchev–Trinajstić information content (AvgIpc) is 2.61. The van der Waals surface area contributed by atoms with Crippen molar-refractivity contribution in [3.63, 3.8) is 0 Å². The fourth-order valence-electron chi connectivity index (χ4n) is 3.41. The molecular weight excluding hydrogens is 316 g/mol. The zero-order chi connectivity index (χ0) is 17.8. The van der Waals surface area contributed by atoms with Crippen LogP contribution in [-0.4, -0.2) is 10.8 Å². The number of hydrogen-bond donors (Lipinski definition) is 1. The Morgan fingerprint density at radius 3 is 2.64 bits per heavy atom. The van der Waals surface area contributed by atoms with E-state index in [2.05, 4.69) is 23.5 Å². The normalized spacial score (nSPS) is 14.4. The number of rotatable bonds is 5. The maximum absolute atomic E-state index is 12.3. The summed E-state index contributed by atoms with van der Waals surface area (Å²) in [5.41, 5.74) is 4.29. The summed E-state index contributed by atoms with van der Waals surface area (Å²) in [5.74, 6) is -0.209. The molecule has 2 aromatic rings. The highest BCUT2D eigenvalue weighted by Crippen LogP contribution is 2.25. The molecule has 0 spiro atoms. The van der Waals surface area contributed by atoms with Gasteiger partial charge in [-0.05, 0) is 49.3 Å². The van der Waals surface area contributed by atoms with Gasteiger partial charge in [0.05, 0.1) is 17.4 Å². The molecule has 1 N–H and O–H groups in total. The number of nitrogens with zero attached hydrogens (tertiary/aromatic N) is 1. The molecule has 0 bridgehead atoms. The Morgan fingerprint density at radius 2 is 1.88 bits per heavy atom. The van der Waals surface area contributed by atoms with Gasteiger partial charge >= 0.3 is 0 Å². The fraction of sp³-hybridized carbons (Fsp3) is 0.350. The first-order valence-electron chi connectivity index (χ1n) is 8.68. The standard InChI is InChI=1S/C20H22N2O3/c1-14(16-11-10-15-6-2-3-7-17(15)12-16)21-20(23)13-18-8-4-5-9-19(18)22(24)25/h4-5,8-12,14H,2-3,6-7,13H2,1H3,(H,21,23). The van der Waals surface area contributed by atoms with E-state index in [0.29, 0.717) is 5.56 Å². The molecule has 1 amide bonds. The van der Waals surface area contributed by atoms with Gasteiger partial charge in [0.25, 0.3) is 5.69 Å². The lowest BCUT2D eigenvalue weighted by Gasteiger charge is -2.20. The quantitative estimate of drug-likeness (QED) is 0.664. The minimum absolute atomic E-state index is 0.00638. The second-order valence-electron chi connectivity index (χ2n) is 6.59. The number of fused-ring (bicyclic) bond motifs is 1. The Labute approximate surface area is 147 Å². The first kappa shape index (κ1) is 17.1. The highest BCUT2D eigenvalue weighted by molar-refractivity contribution is 5.80. The van der Waals surface area contributed by atoms with E-state index in [9.17, 15) is 14.9 Å². The Morgan fingerprint density at radius 1 is 1.16 bits per heavy atom. The van der Waals surface area contributed by atoms with E-state index in [1.807, 2.05) is 6.92 Å². The lowest BCUT2D eigenvalue weighted by Crippen LogP contribution is -2.28. The minimum atomic E-state index is -0.449. The van der Waals surface area contributed by atoms with Gasteiger partial charge in [0.15, 0.2) is 0 Å². The molecule has 5 nitrogen and oxygen atoms in total. The van der Waals surface area contributed by atoms with Crippen LogP contribution in [0.25, 0.3) is 0 Å². The Balaban J connectivity index is 1.68. The highest BCUT2D eigenvalue weighted by atomic mass is 16.6. The number of para-hydroxylation sites is 1. The SMILES string of the molecule is CC(NC(=O)Cc1ccccc1[N+](=O)[O-])c1ccc2c(c1)CCCC2. The van der Waals surface area contributed by atoms with Crippen LogP contribution in [0.4, 0.5) is 5.69 Å². The van der Waals surface area contributed by atoms with E-state index in [0.717, 1.165) is 18.4 Å². The predicted octanol–water partition coefficient (Wildman–Crippen LogP) is 3.89. The van der Waals surface area contributed by atoms with Gasteiger partial charge in [-0.3, -0.25) is 14.9 Å². The van der Waals surface area contributed by atoms with E-state index < -0.39 is 4.92 Å². The number of carbonyl (C=O) groups is 1. The maximum atomic E-state index is 12.3. The van der Waals surface area contributed by atoms with Crippen LogP contribution in [0.15, 0.2) is 42.5 Å². The van der Waals surface area contributed by atoms with Gasteiger partial charge in [0.2, 0.25) is 5.91 Å². The number of aryl methyl sites for hydroxylation is 2. The van der Waals surface area contributed by atoms with E-state index >= 15 is 0 Å². The lowest BCUT2D eigenvalue weighted by atomic mass is 9.89. The molecular formula is C20H22N2O3. The summed E-state index contributed by atoms with van der Waals surface area (Å²) in [5, 5.41) is 14.0. The summed E-state index contributed by atoms with van der Waals surface area (Å²) in [6.45, 7) is 1.95. The van der Waals surface area contributed by atoms with Crippen LogP contribution in [-0.2, 0) is 24.1 Å². The van der Waals surface area contributed by atoms with Crippen molar-refractivity contribution in [1.82, 2.24) is 5.32 Å². The third kappa shape index (κ3) is 4.05. The molecule has 2 aromatic carbocycles. The number of carbonyl (C=O) groups excluding carboxylic acids is 1. The van der Waals surface area contributed by atoms with E-state index in [-0.39, 0.29) is 24.1 Å². The summed E-state index contributed by atoms with van der Waals surface area (Å²) >= 11 is 0. The van der Waals surface area contributed by atoms with Crippen LogP contribution >= 0.6 is 0 Å². The summed E-state index contributed by atoms with van der Waals surface area (Å²) in [4.78, 5) is 22.9. The third-order valence-electron chi connectivity index (χ3n) is 4.79. The lowest BCUT2D eigenvalue weighted by molar-refractivity contribution is -0.385. The Kier molecular flexibility index (Phi) is 5.12. The first-order valence-corrected chi connectivity index (χ1v) is 8.68. The molecule has 0 aliphatic heterocycles. The topological polar surface area (TPSA) is 72.2 Å². The van der Waals surface area contributed by atoms with Crippen LogP contribution in [0, 0.1) is 10.1 Å². The van der Waals surface area contributed by atoms with Crippen molar-refractivity contribution >= 4 is 11.6 Å². The van der Waals surface area contributed by atoms with Gasteiger partial charge in [-0.1, -0.05) is 36.4 Å². The molecule has 1 aliphatic carbocycles. The van der Waals surface area contributed by atoms with Crippen LogP contribution < -0.4 is 5.32 Å². The van der Waals surface area contributed by atoms with Gasteiger partial charge in [0.1, 0.15) is 0 Å². The number of nitro groups is 1. The summed E-state index contributed by atoms with van der Waals surface area (Å²) in [7, 11) is 0. The molecule has 25 heavy (non-hydrogen) atoms. The highest BCUT2D eigenvalue weighted by Gasteiger charge is 2.18. The molecule has 3 rings (SSSR count). The number of hydrogen-bond acceptors (Lipinski definition) is 3. The maximum Gasteiger partial charge on any atom is 0.273 e. The van der Waals surface area contributed by atoms with E-state index in [1.54, 1.807) is 18.2 Å². The smallest absolute Gasteiger partial charge is 0.273 e. The molecule has 5 heteroatoms. The van der Waals surface area contributed by atoms with Crippen molar-refractivity contribution in [2.24, 2.45) is 0 Å². The third-order valence-corrected chi connectivity index (χ3v) is 4.79. The minimum Gasteiger partial charge on any atom is -0.349 e. The molecule has 0 radical (unpaired) electrons. The number of nitrogens with one attached hydrogen (secondary N) is 1. The molecule has 0 aromatic heterocycles. The predicted molar refractivity (Wildman–Crippen MR) is 96.4 cm³/mol. The fourth-order valence-corrected chi connectivity index (χ4v) is 3.41. The molecule has 0 saturated heterocycles. The molecule has 0 saturated carbocycles. The van der Waals surface area contributed by atoms with Gasteiger partial charge in [0, 0.05) is 11.6 Å². The van der Waals surface area contributed by atoms with Gasteiger partial charge < -0.3 is 5.32 Å². The van der Waals surface area contributed by atoms with Crippen molar-refractivity contribution in [2.75, 3.05) is 0 Å². The van der Waals surface area contributed by atoms with Crippen molar-refractivity contribution < 1.29 is 9.72 Å². The summed E-state index contributed by atoms with van der Waals surface area (Å²) in [6.07, 6.45) is 4.70. The van der Waals surface area contributed by atoms with Crippen LogP contribution in [0.1, 0.15) is 48.1 Å². The Bertz CT molecular complexity index is 801. The summed E-state index contributed by atoms with van der Waals surface area (Å²) < 4.78 is 0. The van der Waals surface area contributed by atoms with Crippen LogP contribution in [0.2, 0.25) is 0 Å². The van der Waals surface area contributed by atoms with Crippen molar-refractivity contribution in [3.8, 4) is 0 Å². The van der Waals surface area contributed by atoms with Gasteiger partial charge in [-0.25, -0.2) is 0 Å². The number of nitro benzene ring substituents is 1. The van der Waals surface area contributed by atoms with E-state index in [4.69, 9.17) is 0 Å². The van der Waals surface area contributed by atoms with E-state index in [1.165, 1.54) is 30.0 Å². The van der Waals surface area contributed by atoms with Crippen molar-refractivity contribution in [1.29, 1.82) is 0 Å². The molecule has 0 heterocycles. The second kappa shape index (κ2) is 7.47. The molecule has 0 fully saturated rings. The number of benzene rings is 2. The Hall–Kier alpha value is -2.69. The van der Waals surface area contributed by atoms with Crippen molar-refractivity contribution in [3.05, 3.63) is 74.8 Å². The van der Waals surface area contributed by atoms with Crippen LogP contribution in [0.3, 0.4) is 0 Å². The average molecular weight is 338 g/mol. The zero-order valence-corrected chi connectivity index (χ0v) is 14.3. The zero-order valence-electron chi connectivity index (χ0n) is 14.3. The van der Waals surface area contributed by atoms with Crippen molar-refractivity contribution in [2.45, 2.75) is 45.1 Å². The van der Waals surface area contributed by atoms with Gasteiger partial charge in [-0.15, -0.1) is 0 Å².